The van der Waals surface area contributed by atoms with Crippen LogP contribution in [0.25, 0.3) is 11.0 Å². The SMILES string of the molecule is COCCOC(=O)C1=C(N)Oc2c(c(=O)oc3ccccc23)[C@H]1c1ccc(F)cc1. The number of benzene rings is 2. The molecule has 0 radical (unpaired) electrons. The van der Waals surface area contributed by atoms with E-state index in [9.17, 15) is 14.0 Å². The van der Waals surface area contributed by atoms with E-state index in [0.29, 0.717) is 16.5 Å². The van der Waals surface area contributed by atoms with Crippen LogP contribution in [-0.2, 0) is 14.3 Å². The summed E-state index contributed by atoms with van der Waals surface area (Å²) in [4.78, 5) is 25.7. The van der Waals surface area contributed by atoms with Crippen molar-refractivity contribution in [2.24, 2.45) is 5.73 Å². The van der Waals surface area contributed by atoms with Crippen LogP contribution in [0.4, 0.5) is 4.39 Å². The first-order chi connectivity index (χ1) is 14.5. The van der Waals surface area contributed by atoms with Crippen molar-refractivity contribution in [3.05, 3.63) is 87.4 Å². The molecule has 0 amide bonds. The number of hydrogen-bond donors (Lipinski definition) is 1. The molecule has 2 aromatic carbocycles. The van der Waals surface area contributed by atoms with E-state index in [1.807, 2.05) is 0 Å². The third-order valence-corrected chi connectivity index (χ3v) is 4.80. The molecule has 1 aromatic heterocycles. The van der Waals surface area contributed by atoms with Gasteiger partial charge in [0.05, 0.1) is 23.5 Å². The van der Waals surface area contributed by atoms with Gasteiger partial charge in [0.1, 0.15) is 23.6 Å². The quantitative estimate of drug-likeness (QED) is 0.391. The van der Waals surface area contributed by atoms with Gasteiger partial charge in [-0.3, -0.25) is 0 Å². The van der Waals surface area contributed by atoms with Gasteiger partial charge in [-0.2, -0.15) is 0 Å². The van der Waals surface area contributed by atoms with E-state index in [4.69, 9.17) is 24.4 Å². The van der Waals surface area contributed by atoms with Gasteiger partial charge in [0.15, 0.2) is 5.75 Å². The number of ether oxygens (including phenoxy) is 3. The molecular formula is C22H18FNO6. The van der Waals surface area contributed by atoms with Gasteiger partial charge in [0.2, 0.25) is 5.88 Å². The second-order valence-electron chi connectivity index (χ2n) is 6.62. The number of carbonyl (C=O) groups is 1. The average Bonchev–Trinajstić information content (AvgIpc) is 2.73. The molecule has 4 rings (SSSR count). The maximum atomic E-state index is 13.5. The summed E-state index contributed by atoms with van der Waals surface area (Å²) in [7, 11) is 1.47. The van der Waals surface area contributed by atoms with Gasteiger partial charge in [-0.15, -0.1) is 0 Å². The Balaban J connectivity index is 1.93. The zero-order valence-corrected chi connectivity index (χ0v) is 16.0. The molecule has 0 aliphatic carbocycles. The van der Waals surface area contributed by atoms with Crippen LogP contribution in [0.2, 0.25) is 0 Å². The Labute approximate surface area is 170 Å². The standard InChI is InChI=1S/C22H18FNO6/c1-27-10-11-28-21(25)18-16(12-6-8-13(23)9-7-12)17-19(30-20(18)24)14-4-2-3-5-15(14)29-22(17)26/h2-9,16H,10-11,24H2,1H3/t16-/m1/s1. The van der Waals surface area contributed by atoms with Crippen molar-refractivity contribution in [1.82, 2.24) is 0 Å². The summed E-state index contributed by atoms with van der Waals surface area (Å²) in [6.07, 6.45) is 0. The fourth-order valence-electron chi connectivity index (χ4n) is 3.45. The van der Waals surface area contributed by atoms with Crippen LogP contribution in [-0.4, -0.2) is 26.3 Å². The number of halogens is 1. The Morgan fingerprint density at radius 1 is 1.13 bits per heavy atom. The minimum absolute atomic E-state index is 0.0125. The topological polar surface area (TPSA) is 101 Å². The highest BCUT2D eigenvalue weighted by atomic mass is 19.1. The second kappa shape index (κ2) is 8.00. The molecule has 0 saturated heterocycles. The van der Waals surface area contributed by atoms with Gasteiger partial charge >= 0.3 is 11.6 Å². The molecule has 7 nitrogen and oxygen atoms in total. The maximum absolute atomic E-state index is 13.5. The number of hydrogen-bond acceptors (Lipinski definition) is 7. The van der Waals surface area contributed by atoms with Crippen LogP contribution < -0.4 is 16.1 Å². The van der Waals surface area contributed by atoms with Crippen molar-refractivity contribution in [2.75, 3.05) is 20.3 Å². The summed E-state index contributed by atoms with van der Waals surface area (Å²) in [5, 5.41) is 0.522. The molecular weight excluding hydrogens is 393 g/mol. The number of fused-ring (bicyclic) bond motifs is 3. The van der Waals surface area contributed by atoms with E-state index in [-0.39, 0.29) is 36.0 Å². The normalized spacial score (nSPS) is 15.6. The van der Waals surface area contributed by atoms with Crippen molar-refractivity contribution in [1.29, 1.82) is 0 Å². The van der Waals surface area contributed by atoms with Gasteiger partial charge in [-0.25, -0.2) is 14.0 Å². The first-order valence-corrected chi connectivity index (χ1v) is 9.16. The molecule has 0 bridgehead atoms. The Morgan fingerprint density at radius 2 is 1.87 bits per heavy atom. The van der Waals surface area contributed by atoms with Crippen LogP contribution >= 0.6 is 0 Å². The number of rotatable bonds is 5. The zero-order valence-electron chi connectivity index (χ0n) is 16.0. The minimum atomic E-state index is -0.953. The second-order valence-corrected chi connectivity index (χ2v) is 6.62. The molecule has 1 aliphatic rings. The van der Waals surface area contributed by atoms with Crippen molar-refractivity contribution < 1.29 is 27.8 Å². The monoisotopic (exact) mass is 411 g/mol. The lowest BCUT2D eigenvalue weighted by Crippen LogP contribution is -2.31. The largest absolute Gasteiger partial charge is 0.460 e. The average molecular weight is 411 g/mol. The molecule has 1 atom stereocenters. The lowest BCUT2D eigenvalue weighted by molar-refractivity contribution is -0.140. The summed E-state index contributed by atoms with van der Waals surface area (Å²) < 4.78 is 34.8. The molecule has 30 heavy (non-hydrogen) atoms. The third-order valence-electron chi connectivity index (χ3n) is 4.80. The minimum Gasteiger partial charge on any atom is -0.460 e. The van der Waals surface area contributed by atoms with E-state index >= 15 is 0 Å². The van der Waals surface area contributed by atoms with E-state index in [1.165, 1.54) is 31.4 Å². The summed E-state index contributed by atoms with van der Waals surface area (Å²) in [5.74, 6) is -2.18. The van der Waals surface area contributed by atoms with Crippen molar-refractivity contribution in [2.45, 2.75) is 5.92 Å². The lowest BCUT2D eigenvalue weighted by Gasteiger charge is -2.28. The van der Waals surface area contributed by atoms with Crippen molar-refractivity contribution in [3.8, 4) is 5.75 Å². The smallest absolute Gasteiger partial charge is 0.344 e. The maximum Gasteiger partial charge on any atom is 0.344 e. The number of methoxy groups -OCH3 is 1. The van der Waals surface area contributed by atoms with Gasteiger partial charge in [0.25, 0.3) is 0 Å². The number of nitrogens with two attached hydrogens (primary N) is 1. The molecule has 154 valence electrons. The highest BCUT2D eigenvalue weighted by Gasteiger charge is 2.39. The van der Waals surface area contributed by atoms with Crippen molar-refractivity contribution in [3.63, 3.8) is 0 Å². The molecule has 2 heterocycles. The van der Waals surface area contributed by atoms with Gasteiger partial charge in [-0.05, 0) is 29.8 Å². The van der Waals surface area contributed by atoms with E-state index < -0.39 is 23.3 Å². The Bertz CT molecular complexity index is 1200. The van der Waals surface area contributed by atoms with Crippen LogP contribution in [0.15, 0.2) is 69.2 Å². The predicted molar refractivity (Wildman–Crippen MR) is 105 cm³/mol. The third kappa shape index (κ3) is 3.42. The van der Waals surface area contributed by atoms with Gasteiger partial charge < -0.3 is 24.4 Å². The summed E-state index contributed by atoms with van der Waals surface area (Å²) in [6.45, 7) is 0.172. The van der Waals surface area contributed by atoms with Crippen LogP contribution in [0.1, 0.15) is 17.0 Å². The van der Waals surface area contributed by atoms with Gasteiger partial charge in [0, 0.05) is 7.11 Å². The highest BCUT2D eigenvalue weighted by Crippen LogP contribution is 2.44. The number of esters is 1. The Kier molecular flexibility index (Phi) is 5.24. The van der Waals surface area contributed by atoms with Crippen LogP contribution in [0.5, 0.6) is 5.75 Å². The molecule has 0 spiro atoms. The Hall–Kier alpha value is -3.65. The molecule has 0 unspecified atom stereocenters. The molecule has 0 saturated carbocycles. The molecule has 0 fully saturated rings. The molecule has 3 aromatic rings. The van der Waals surface area contributed by atoms with Crippen molar-refractivity contribution >= 4 is 16.9 Å². The summed E-state index contributed by atoms with van der Waals surface area (Å²) in [6, 6.07) is 12.2. The number of carbonyl (C=O) groups excluding carboxylic acids is 1. The first-order valence-electron chi connectivity index (χ1n) is 9.16. The van der Waals surface area contributed by atoms with Crippen LogP contribution in [0.3, 0.4) is 0 Å². The zero-order chi connectivity index (χ0) is 21.3. The van der Waals surface area contributed by atoms with Crippen LogP contribution in [0, 0.1) is 5.82 Å². The lowest BCUT2D eigenvalue weighted by atomic mass is 9.83. The van der Waals surface area contributed by atoms with Gasteiger partial charge in [-0.1, -0.05) is 24.3 Å². The molecule has 1 aliphatic heterocycles. The van der Waals surface area contributed by atoms with E-state index in [2.05, 4.69) is 0 Å². The van der Waals surface area contributed by atoms with E-state index in [0.717, 1.165) is 0 Å². The van der Waals surface area contributed by atoms with E-state index in [1.54, 1.807) is 24.3 Å². The summed E-state index contributed by atoms with van der Waals surface area (Å²) in [5.41, 5.74) is 6.24. The highest BCUT2D eigenvalue weighted by molar-refractivity contribution is 5.94. The first kappa shape index (κ1) is 19.7. The fourth-order valence-corrected chi connectivity index (χ4v) is 3.45. The fraction of sp³-hybridized carbons (Fsp3) is 0.182. The summed E-state index contributed by atoms with van der Waals surface area (Å²) >= 11 is 0. The predicted octanol–water partition coefficient (Wildman–Crippen LogP) is 2.82. The molecule has 8 heteroatoms. The number of para-hydroxylation sites is 1. The Morgan fingerprint density at radius 3 is 2.60 bits per heavy atom. The molecule has 2 N–H and O–H groups in total.